The normalized spacial score (nSPS) is 17.1. The van der Waals surface area contributed by atoms with Crippen LogP contribution in [0.4, 0.5) is 0 Å². The Morgan fingerprint density at radius 3 is 2.35 bits per heavy atom. The van der Waals surface area contributed by atoms with E-state index in [1.807, 2.05) is 0 Å². The average molecular weight is 278 g/mol. The summed E-state index contributed by atoms with van der Waals surface area (Å²) in [7, 11) is 0. The predicted molar refractivity (Wildman–Crippen MR) is 86.5 cm³/mol. The lowest BCUT2D eigenvalue weighted by atomic mass is 9.89. The van der Waals surface area contributed by atoms with Crippen LogP contribution >= 0.6 is 0 Å². The lowest BCUT2D eigenvalue weighted by molar-refractivity contribution is 0.182. The van der Waals surface area contributed by atoms with Crippen molar-refractivity contribution in [2.24, 2.45) is 11.3 Å². The van der Waals surface area contributed by atoms with Crippen LogP contribution in [0, 0.1) is 22.7 Å². The van der Waals surface area contributed by atoms with Crippen LogP contribution in [0.15, 0.2) is 0 Å². The molecule has 0 atom stereocenters. The van der Waals surface area contributed by atoms with E-state index in [1.54, 1.807) is 0 Å². The van der Waals surface area contributed by atoms with Crippen LogP contribution in [0.2, 0.25) is 0 Å². The number of hydrogen-bond acceptors (Lipinski definition) is 2. The molecule has 0 amide bonds. The van der Waals surface area contributed by atoms with Crippen LogP contribution in [-0.2, 0) is 0 Å². The molecule has 0 N–H and O–H groups in total. The Bertz CT molecular complexity index is 295. The van der Waals surface area contributed by atoms with Gasteiger partial charge in [-0.05, 0) is 65.0 Å². The van der Waals surface area contributed by atoms with Gasteiger partial charge in [0.15, 0.2) is 0 Å². The van der Waals surface area contributed by atoms with E-state index in [2.05, 4.69) is 38.7 Å². The molecule has 2 heteroatoms. The van der Waals surface area contributed by atoms with Crippen LogP contribution in [0.5, 0.6) is 0 Å². The molecule has 116 valence electrons. The van der Waals surface area contributed by atoms with Crippen molar-refractivity contribution in [2.45, 2.75) is 85.1 Å². The predicted octanol–water partition coefficient (Wildman–Crippen LogP) is 5.00. The highest BCUT2D eigenvalue weighted by molar-refractivity contribution is 4.91. The zero-order valence-corrected chi connectivity index (χ0v) is 14.1. The highest BCUT2D eigenvalue weighted by Crippen LogP contribution is 2.26. The minimum atomic E-state index is -0.143. The largest absolute Gasteiger partial charge is 0.300 e. The molecular formula is C18H34N2. The SMILES string of the molecule is CC(C)CCN(CCCCC(C)(C)C#N)C1CCCC1. The van der Waals surface area contributed by atoms with Crippen molar-refractivity contribution >= 4 is 0 Å². The van der Waals surface area contributed by atoms with Gasteiger partial charge >= 0.3 is 0 Å². The fraction of sp³-hybridized carbons (Fsp3) is 0.944. The van der Waals surface area contributed by atoms with E-state index < -0.39 is 0 Å². The molecule has 0 saturated heterocycles. The molecule has 1 saturated carbocycles. The fourth-order valence-electron chi connectivity index (χ4n) is 3.11. The first-order chi connectivity index (χ1) is 9.44. The van der Waals surface area contributed by atoms with Crippen molar-refractivity contribution in [3.63, 3.8) is 0 Å². The van der Waals surface area contributed by atoms with Crippen LogP contribution in [0.1, 0.15) is 79.1 Å². The van der Waals surface area contributed by atoms with Crippen molar-refractivity contribution in [3.05, 3.63) is 0 Å². The molecule has 0 aromatic rings. The second kappa shape index (κ2) is 8.67. The summed E-state index contributed by atoms with van der Waals surface area (Å²) in [6, 6.07) is 3.26. The van der Waals surface area contributed by atoms with E-state index in [1.165, 1.54) is 58.0 Å². The average Bonchev–Trinajstić information content (AvgIpc) is 2.91. The molecule has 2 nitrogen and oxygen atoms in total. The summed E-state index contributed by atoms with van der Waals surface area (Å²) >= 11 is 0. The third-order valence-corrected chi connectivity index (χ3v) is 4.63. The fourth-order valence-corrected chi connectivity index (χ4v) is 3.11. The monoisotopic (exact) mass is 278 g/mol. The Morgan fingerprint density at radius 1 is 1.15 bits per heavy atom. The molecule has 20 heavy (non-hydrogen) atoms. The van der Waals surface area contributed by atoms with Gasteiger partial charge in [0.25, 0.3) is 0 Å². The Morgan fingerprint density at radius 2 is 1.80 bits per heavy atom. The Kier molecular flexibility index (Phi) is 7.59. The van der Waals surface area contributed by atoms with Crippen LogP contribution in [0.25, 0.3) is 0 Å². The van der Waals surface area contributed by atoms with Crippen LogP contribution < -0.4 is 0 Å². The van der Waals surface area contributed by atoms with E-state index in [0.717, 1.165) is 18.4 Å². The van der Waals surface area contributed by atoms with Gasteiger partial charge in [0, 0.05) is 6.04 Å². The minimum absolute atomic E-state index is 0.143. The van der Waals surface area contributed by atoms with Gasteiger partial charge in [0.05, 0.1) is 11.5 Å². The van der Waals surface area contributed by atoms with E-state index >= 15 is 0 Å². The molecule has 0 bridgehead atoms. The topological polar surface area (TPSA) is 27.0 Å². The maximum atomic E-state index is 9.06. The molecule has 0 heterocycles. The highest BCUT2D eigenvalue weighted by atomic mass is 15.2. The number of rotatable bonds is 9. The maximum absolute atomic E-state index is 9.06. The quantitative estimate of drug-likeness (QED) is 0.555. The zero-order valence-electron chi connectivity index (χ0n) is 14.1. The summed E-state index contributed by atoms with van der Waals surface area (Å²) in [4.78, 5) is 2.74. The van der Waals surface area contributed by atoms with Gasteiger partial charge in [-0.3, -0.25) is 0 Å². The number of nitrogens with zero attached hydrogens (tertiary/aromatic N) is 2. The smallest absolute Gasteiger partial charge is 0.0683 e. The van der Waals surface area contributed by atoms with E-state index in [4.69, 9.17) is 5.26 Å². The molecule has 1 aliphatic carbocycles. The van der Waals surface area contributed by atoms with Crippen LogP contribution in [0.3, 0.4) is 0 Å². The molecule has 0 aromatic carbocycles. The number of nitriles is 1. The third-order valence-electron chi connectivity index (χ3n) is 4.63. The summed E-state index contributed by atoms with van der Waals surface area (Å²) in [6.07, 6.45) is 10.4. The van der Waals surface area contributed by atoms with Gasteiger partial charge < -0.3 is 4.90 Å². The Hall–Kier alpha value is -0.550. The maximum Gasteiger partial charge on any atom is 0.0683 e. The second-order valence-electron chi connectivity index (χ2n) is 7.61. The lowest BCUT2D eigenvalue weighted by Crippen LogP contribution is -2.35. The van der Waals surface area contributed by atoms with Crippen molar-refractivity contribution < 1.29 is 0 Å². The van der Waals surface area contributed by atoms with Crippen molar-refractivity contribution in [1.29, 1.82) is 5.26 Å². The molecule has 0 spiro atoms. The molecule has 1 fully saturated rings. The molecule has 0 radical (unpaired) electrons. The van der Waals surface area contributed by atoms with Gasteiger partial charge in [-0.15, -0.1) is 0 Å². The van der Waals surface area contributed by atoms with Gasteiger partial charge in [-0.2, -0.15) is 5.26 Å². The first-order valence-electron chi connectivity index (χ1n) is 8.60. The first kappa shape index (κ1) is 17.5. The highest BCUT2D eigenvalue weighted by Gasteiger charge is 2.22. The summed E-state index contributed by atoms with van der Waals surface area (Å²) in [5, 5.41) is 9.06. The summed E-state index contributed by atoms with van der Waals surface area (Å²) in [5.41, 5.74) is -0.143. The standard InChI is InChI=1S/C18H34N2/c1-16(2)11-14-20(17-9-5-6-10-17)13-8-7-12-18(3,4)15-19/h16-17H,5-14H2,1-4H3. The van der Waals surface area contributed by atoms with Crippen LogP contribution in [-0.4, -0.2) is 24.0 Å². The Balaban J connectivity index is 2.31. The van der Waals surface area contributed by atoms with Crippen molar-refractivity contribution in [1.82, 2.24) is 4.90 Å². The molecule has 1 rings (SSSR count). The van der Waals surface area contributed by atoms with E-state index in [9.17, 15) is 0 Å². The van der Waals surface area contributed by atoms with E-state index in [0.29, 0.717) is 0 Å². The zero-order chi connectivity index (χ0) is 15.0. The molecule has 0 aromatic heterocycles. The molecule has 0 unspecified atom stereocenters. The number of hydrogen-bond donors (Lipinski definition) is 0. The van der Waals surface area contributed by atoms with Crippen molar-refractivity contribution in [2.75, 3.05) is 13.1 Å². The minimum Gasteiger partial charge on any atom is -0.300 e. The molecular weight excluding hydrogens is 244 g/mol. The third kappa shape index (κ3) is 6.75. The molecule has 0 aliphatic heterocycles. The van der Waals surface area contributed by atoms with Gasteiger partial charge in [0.2, 0.25) is 0 Å². The van der Waals surface area contributed by atoms with Gasteiger partial charge in [-0.1, -0.05) is 33.1 Å². The summed E-state index contributed by atoms with van der Waals surface area (Å²) < 4.78 is 0. The van der Waals surface area contributed by atoms with Gasteiger partial charge in [-0.25, -0.2) is 0 Å². The molecule has 1 aliphatic rings. The Labute approximate surface area is 126 Å². The summed E-state index contributed by atoms with van der Waals surface area (Å²) in [5.74, 6) is 0.802. The van der Waals surface area contributed by atoms with E-state index in [-0.39, 0.29) is 5.41 Å². The number of unbranched alkanes of at least 4 members (excludes halogenated alkanes) is 1. The van der Waals surface area contributed by atoms with Crippen molar-refractivity contribution in [3.8, 4) is 6.07 Å². The summed E-state index contributed by atoms with van der Waals surface area (Å²) in [6.45, 7) is 11.3. The first-order valence-corrected chi connectivity index (χ1v) is 8.60. The van der Waals surface area contributed by atoms with Gasteiger partial charge in [0.1, 0.15) is 0 Å². The second-order valence-corrected chi connectivity index (χ2v) is 7.61. The lowest BCUT2D eigenvalue weighted by Gasteiger charge is -2.29.